The van der Waals surface area contributed by atoms with Crippen LogP contribution in [-0.4, -0.2) is 24.7 Å². The van der Waals surface area contributed by atoms with Crippen molar-refractivity contribution >= 4 is 33.6 Å². The van der Waals surface area contributed by atoms with Gasteiger partial charge in [-0.3, -0.25) is 4.79 Å². The number of benzene rings is 1. The first kappa shape index (κ1) is 13.5. The highest BCUT2D eigenvalue weighted by molar-refractivity contribution is 9.10. The van der Waals surface area contributed by atoms with E-state index in [-0.39, 0.29) is 5.91 Å². The summed E-state index contributed by atoms with van der Waals surface area (Å²) < 4.78 is 1.06. The summed E-state index contributed by atoms with van der Waals surface area (Å²) in [6.45, 7) is 3.05. The summed E-state index contributed by atoms with van der Waals surface area (Å²) in [6, 6.07) is 6.04. The number of hydrogen-bond donors (Lipinski definition) is 2. The maximum atomic E-state index is 11.4. The van der Waals surface area contributed by atoms with Crippen molar-refractivity contribution in [2.24, 2.45) is 5.73 Å². The molecule has 0 heterocycles. The summed E-state index contributed by atoms with van der Waals surface area (Å²) in [6.07, 6.45) is 0. The molecule has 0 unspecified atom stereocenters. The first-order valence-corrected chi connectivity index (χ1v) is 6.77. The number of nitrogens with one attached hydrogen (secondary N) is 1. The van der Waals surface area contributed by atoms with Gasteiger partial charge in [-0.1, -0.05) is 15.9 Å². The first-order valence-electron chi connectivity index (χ1n) is 4.99. The Kier molecular flexibility index (Phi) is 5.87. The number of hydrogen-bond acceptors (Lipinski definition) is 3. The van der Waals surface area contributed by atoms with E-state index in [0.717, 1.165) is 9.37 Å². The van der Waals surface area contributed by atoms with Crippen molar-refractivity contribution in [1.82, 2.24) is 5.32 Å². The first-order chi connectivity index (χ1) is 7.63. The normalized spacial score (nSPS) is 10.2. The monoisotopic (exact) mass is 302 g/mol. The van der Waals surface area contributed by atoms with Crippen LogP contribution >= 0.6 is 27.7 Å². The number of carbonyl (C=O) groups excluding carboxylic acids is 1. The van der Waals surface area contributed by atoms with Crippen molar-refractivity contribution < 1.29 is 4.79 Å². The van der Waals surface area contributed by atoms with Gasteiger partial charge in [0.1, 0.15) is 0 Å². The Morgan fingerprint density at radius 3 is 2.94 bits per heavy atom. The number of nitrogens with two attached hydrogens (primary N) is 1. The summed E-state index contributed by atoms with van der Waals surface area (Å²) >= 11 is 4.95. The molecular formula is C11H15BrN2OS. The Balaban J connectivity index is 2.45. The molecule has 0 saturated carbocycles. The number of halogens is 1. The van der Waals surface area contributed by atoms with Crippen LogP contribution in [0, 0.1) is 6.92 Å². The van der Waals surface area contributed by atoms with E-state index in [1.807, 2.05) is 25.1 Å². The fourth-order valence-electron chi connectivity index (χ4n) is 1.18. The van der Waals surface area contributed by atoms with E-state index >= 15 is 0 Å². The number of amides is 1. The van der Waals surface area contributed by atoms with Gasteiger partial charge in [-0.15, -0.1) is 11.8 Å². The maximum Gasteiger partial charge on any atom is 0.230 e. The zero-order valence-corrected chi connectivity index (χ0v) is 11.5. The second-order valence-electron chi connectivity index (χ2n) is 3.34. The van der Waals surface area contributed by atoms with Crippen LogP contribution in [0.2, 0.25) is 0 Å². The van der Waals surface area contributed by atoms with E-state index in [2.05, 4.69) is 21.2 Å². The molecule has 1 aromatic rings. The lowest BCUT2D eigenvalue weighted by atomic mass is 10.2. The maximum absolute atomic E-state index is 11.4. The minimum Gasteiger partial charge on any atom is -0.354 e. The van der Waals surface area contributed by atoms with Gasteiger partial charge in [0.15, 0.2) is 0 Å². The molecule has 0 atom stereocenters. The summed E-state index contributed by atoms with van der Waals surface area (Å²) in [4.78, 5) is 12.5. The average Bonchev–Trinajstić information content (AvgIpc) is 2.25. The Morgan fingerprint density at radius 2 is 2.31 bits per heavy atom. The molecule has 5 heteroatoms. The number of thioether (sulfide) groups is 1. The van der Waals surface area contributed by atoms with Gasteiger partial charge in [0.05, 0.1) is 5.75 Å². The van der Waals surface area contributed by atoms with Gasteiger partial charge >= 0.3 is 0 Å². The van der Waals surface area contributed by atoms with E-state index in [0.29, 0.717) is 18.8 Å². The molecule has 0 aliphatic carbocycles. The van der Waals surface area contributed by atoms with Gasteiger partial charge in [-0.25, -0.2) is 0 Å². The summed E-state index contributed by atoms with van der Waals surface area (Å²) in [5, 5.41) is 2.74. The van der Waals surface area contributed by atoms with Crippen LogP contribution in [0.25, 0.3) is 0 Å². The largest absolute Gasteiger partial charge is 0.354 e. The van der Waals surface area contributed by atoms with Crippen molar-refractivity contribution in [2.75, 3.05) is 18.8 Å². The van der Waals surface area contributed by atoms with Crippen LogP contribution in [-0.2, 0) is 4.79 Å². The molecule has 1 amide bonds. The highest BCUT2D eigenvalue weighted by atomic mass is 79.9. The van der Waals surface area contributed by atoms with E-state index in [1.54, 1.807) is 11.8 Å². The van der Waals surface area contributed by atoms with Gasteiger partial charge in [-0.05, 0) is 30.7 Å². The van der Waals surface area contributed by atoms with Gasteiger partial charge in [-0.2, -0.15) is 0 Å². The standard InChI is InChI=1S/C11H15BrN2OS/c1-8-6-9(12)2-3-10(8)16-7-11(15)14-5-4-13/h2-3,6H,4-5,7,13H2,1H3,(H,14,15). The molecule has 0 spiro atoms. The molecule has 3 nitrogen and oxygen atoms in total. The van der Waals surface area contributed by atoms with Crippen LogP contribution in [0.3, 0.4) is 0 Å². The number of carbonyl (C=O) groups is 1. The summed E-state index contributed by atoms with van der Waals surface area (Å²) in [7, 11) is 0. The second kappa shape index (κ2) is 6.93. The molecule has 1 rings (SSSR count). The van der Waals surface area contributed by atoms with Crippen LogP contribution in [0.15, 0.2) is 27.6 Å². The second-order valence-corrected chi connectivity index (χ2v) is 5.27. The summed E-state index contributed by atoms with van der Waals surface area (Å²) in [5.74, 6) is 0.459. The van der Waals surface area contributed by atoms with Crippen molar-refractivity contribution in [2.45, 2.75) is 11.8 Å². The third-order valence-electron chi connectivity index (χ3n) is 1.96. The lowest BCUT2D eigenvalue weighted by Crippen LogP contribution is -2.30. The van der Waals surface area contributed by atoms with Crippen molar-refractivity contribution in [3.8, 4) is 0 Å². The lowest BCUT2D eigenvalue weighted by Gasteiger charge is -2.06. The van der Waals surface area contributed by atoms with Crippen molar-refractivity contribution in [3.05, 3.63) is 28.2 Å². The smallest absolute Gasteiger partial charge is 0.230 e. The molecule has 0 saturated heterocycles. The van der Waals surface area contributed by atoms with Crippen molar-refractivity contribution in [1.29, 1.82) is 0 Å². The zero-order chi connectivity index (χ0) is 12.0. The third-order valence-corrected chi connectivity index (χ3v) is 3.63. The molecule has 0 aliphatic rings. The highest BCUT2D eigenvalue weighted by Crippen LogP contribution is 2.24. The van der Waals surface area contributed by atoms with E-state index in [1.165, 1.54) is 5.56 Å². The molecule has 0 aromatic heterocycles. The van der Waals surface area contributed by atoms with Crippen LogP contribution in [0.1, 0.15) is 5.56 Å². The third kappa shape index (κ3) is 4.55. The molecule has 88 valence electrons. The van der Waals surface area contributed by atoms with Gasteiger partial charge < -0.3 is 11.1 Å². The Bertz CT molecular complexity index is 371. The minimum atomic E-state index is 0.0257. The lowest BCUT2D eigenvalue weighted by molar-refractivity contribution is -0.118. The SMILES string of the molecule is Cc1cc(Br)ccc1SCC(=O)NCCN. The quantitative estimate of drug-likeness (QED) is 0.817. The van der Waals surface area contributed by atoms with Gasteiger partial charge in [0.2, 0.25) is 5.91 Å². The average molecular weight is 303 g/mol. The topological polar surface area (TPSA) is 55.1 Å². The Labute approximate surface area is 108 Å². The molecule has 1 aromatic carbocycles. The molecule has 0 aliphatic heterocycles. The number of rotatable bonds is 5. The summed E-state index contributed by atoms with van der Waals surface area (Å²) in [5.41, 5.74) is 6.47. The predicted octanol–water partition coefficient (Wildman–Crippen LogP) is 1.92. The molecule has 0 bridgehead atoms. The molecule has 3 N–H and O–H groups in total. The van der Waals surface area contributed by atoms with E-state index in [4.69, 9.17) is 5.73 Å². The Hall–Kier alpha value is -0.520. The van der Waals surface area contributed by atoms with Crippen LogP contribution in [0.5, 0.6) is 0 Å². The van der Waals surface area contributed by atoms with Gasteiger partial charge in [0, 0.05) is 22.5 Å². The molecular weight excluding hydrogens is 288 g/mol. The van der Waals surface area contributed by atoms with Crippen LogP contribution in [0.4, 0.5) is 0 Å². The van der Waals surface area contributed by atoms with Crippen LogP contribution < -0.4 is 11.1 Å². The predicted molar refractivity (Wildman–Crippen MR) is 71.7 cm³/mol. The molecule has 0 fully saturated rings. The zero-order valence-electron chi connectivity index (χ0n) is 9.13. The fraction of sp³-hybridized carbons (Fsp3) is 0.364. The van der Waals surface area contributed by atoms with E-state index in [9.17, 15) is 4.79 Å². The minimum absolute atomic E-state index is 0.0257. The van der Waals surface area contributed by atoms with Gasteiger partial charge in [0.25, 0.3) is 0 Å². The fourth-order valence-corrected chi connectivity index (χ4v) is 2.50. The molecule has 16 heavy (non-hydrogen) atoms. The molecule has 0 radical (unpaired) electrons. The number of aryl methyl sites for hydroxylation is 1. The Morgan fingerprint density at radius 1 is 1.56 bits per heavy atom. The van der Waals surface area contributed by atoms with E-state index < -0.39 is 0 Å². The van der Waals surface area contributed by atoms with Crippen molar-refractivity contribution in [3.63, 3.8) is 0 Å². The highest BCUT2D eigenvalue weighted by Gasteiger charge is 2.04.